The highest BCUT2D eigenvalue weighted by Crippen LogP contribution is 2.29. The molecular weight excluding hydrogens is 330 g/mol. The first kappa shape index (κ1) is 12.6. The monoisotopic (exact) mass is 340 g/mol. The van der Waals surface area contributed by atoms with E-state index in [0.717, 1.165) is 3.57 Å². The van der Waals surface area contributed by atoms with Crippen molar-refractivity contribution >= 4 is 40.2 Å². The van der Waals surface area contributed by atoms with Crippen molar-refractivity contribution in [2.75, 3.05) is 0 Å². The summed E-state index contributed by atoms with van der Waals surface area (Å²) in [5.74, 6) is -0.422. The van der Waals surface area contributed by atoms with Crippen LogP contribution in [-0.2, 0) is 0 Å². The predicted molar refractivity (Wildman–Crippen MR) is 66.9 cm³/mol. The van der Waals surface area contributed by atoms with Crippen LogP contribution in [0.2, 0.25) is 5.02 Å². The van der Waals surface area contributed by atoms with Crippen LogP contribution in [0.5, 0.6) is 5.75 Å². The first-order chi connectivity index (χ1) is 6.91. The van der Waals surface area contributed by atoms with E-state index in [-0.39, 0.29) is 16.7 Å². The van der Waals surface area contributed by atoms with Gasteiger partial charge in [-0.2, -0.15) is 0 Å². The molecule has 1 aromatic rings. The Balaban J connectivity index is 3.13. The van der Waals surface area contributed by atoms with Crippen LogP contribution in [0.1, 0.15) is 24.2 Å². The van der Waals surface area contributed by atoms with E-state index in [2.05, 4.69) is 0 Å². The van der Waals surface area contributed by atoms with Crippen LogP contribution in [0.15, 0.2) is 12.1 Å². The zero-order valence-corrected chi connectivity index (χ0v) is 11.2. The average Bonchev–Trinajstić information content (AvgIpc) is 2.09. The molecule has 0 fully saturated rings. The van der Waals surface area contributed by atoms with Crippen LogP contribution in [0.3, 0.4) is 0 Å². The standard InChI is InChI=1S/C10H10ClIO3/c1-5(2)15-9-4-7(11)6(10(13)14)3-8(9)12/h3-5H,1-2H3,(H,13,14). The van der Waals surface area contributed by atoms with Gasteiger partial charge >= 0.3 is 5.97 Å². The molecule has 0 aliphatic carbocycles. The highest BCUT2D eigenvalue weighted by Gasteiger charge is 2.13. The minimum absolute atomic E-state index is 0.0326. The minimum Gasteiger partial charge on any atom is -0.490 e. The topological polar surface area (TPSA) is 46.5 Å². The second kappa shape index (κ2) is 5.03. The van der Waals surface area contributed by atoms with Crippen LogP contribution in [0, 0.1) is 3.57 Å². The van der Waals surface area contributed by atoms with Gasteiger partial charge in [-0.25, -0.2) is 4.79 Å². The fourth-order valence-electron chi connectivity index (χ4n) is 1.04. The number of carboxylic acid groups (broad SMARTS) is 1. The lowest BCUT2D eigenvalue weighted by atomic mass is 10.2. The van der Waals surface area contributed by atoms with Crippen molar-refractivity contribution in [1.29, 1.82) is 0 Å². The Bertz CT molecular complexity index is 390. The lowest BCUT2D eigenvalue weighted by molar-refractivity contribution is 0.0697. The maximum atomic E-state index is 10.8. The Morgan fingerprint density at radius 1 is 1.53 bits per heavy atom. The van der Waals surface area contributed by atoms with E-state index in [9.17, 15) is 4.79 Å². The molecule has 3 nitrogen and oxygen atoms in total. The molecule has 0 radical (unpaired) electrons. The fourth-order valence-corrected chi connectivity index (χ4v) is 1.87. The second-order valence-corrected chi connectivity index (χ2v) is 4.80. The maximum Gasteiger partial charge on any atom is 0.337 e. The predicted octanol–water partition coefficient (Wildman–Crippen LogP) is 3.43. The first-order valence-electron chi connectivity index (χ1n) is 4.30. The van der Waals surface area contributed by atoms with Crippen molar-refractivity contribution in [1.82, 2.24) is 0 Å². The van der Waals surface area contributed by atoms with Crippen molar-refractivity contribution in [3.8, 4) is 5.75 Å². The van der Waals surface area contributed by atoms with Crippen molar-refractivity contribution in [2.24, 2.45) is 0 Å². The zero-order valence-electron chi connectivity index (χ0n) is 8.25. The van der Waals surface area contributed by atoms with E-state index in [1.165, 1.54) is 12.1 Å². The molecule has 82 valence electrons. The van der Waals surface area contributed by atoms with Crippen LogP contribution in [0.25, 0.3) is 0 Å². The van der Waals surface area contributed by atoms with Gasteiger partial charge in [0.2, 0.25) is 0 Å². The second-order valence-electron chi connectivity index (χ2n) is 3.23. The highest BCUT2D eigenvalue weighted by atomic mass is 127. The van der Waals surface area contributed by atoms with E-state index in [1.54, 1.807) is 0 Å². The highest BCUT2D eigenvalue weighted by molar-refractivity contribution is 14.1. The quantitative estimate of drug-likeness (QED) is 0.858. The van der Waals surface area contributed by atoms with Gasteiger partial charge in [-0.1, -0.05) is 11.6 Å². The third-order valence-electron chi connectivity index (χ3n) is 1.61. The van der Waals surface area contributed by atoms with E-state index in [1.807, 2.05) is 36.4 Å². The van der Waals surface area contributed by atoms with Crippen LogP contribution < -0.4 is 4.74 Å². The summed E-state index contributed by atoms with van der Waals surface area (Å²) in [6.07, 6.45) is 0.0326. The molecule has 0 aliphatic heterocycles. The van der Waals surface area contributed by atoms with Crippen LogP contribution in [0.4, 0.5) is 0 Å². The summed E-state index contributed by atoms with van der Waals surface area (Å²) < 4.78 is 6.21. The number of rotatable bonds is 3. The van der Waals surface area contributed by atoms with Gasteiger partial charge in [0, 0.05) is 6.07 Å². The van der Waals surface area contributed by atoms with E-state index < -0.39 is 5.97 Å². The normalized spacial score (nSPS) is 10.5. The molecule has 0 saturated carbocycles. The number of hydrogen-bond donors (Lipinski definition) is 1. The number of hydrogen-bond acceptors (Lipinski definition) is 2. The summed E-state index contributed by atoms with van der Waals surface area (Å²) in [7, 11) is 0. The molecule has 0 aromatic heterocycles. The zero-order chi connectivity index (χ0) is 11.6. The molecule has 0 bridgehead atoms. The Morgan fingerprint density at radius 2 is 2.13 bits per heavy atom. The molecule has 1 aromatic carbocycles. The third-order valence-corrected chi connectivity index (χ3v) is 2.77. The molecule has 0 spiro atoms. The summed E-state index contributed by atoms with van der Waals surface area (Å²) in [5.41, 5.74) is 0.0946. The number of ether oxygens (including phenoxy) is 1. The third kappa shape index (κ3) is 3.24. The summed E-state index contributed by atoms with van der Waals surface area (Å²) in [4.78, 5) is 10.8. The number of aromatic carboxylic acids is 1. The summed E-state index contributed by atoms with van der Waals surface area (Å²) >= 11 is 7.84. The van der Waals surface area contributed by atoms with Crippen molar-refractivity contribution in [2.45, 2.75) is 20.0 Å². The smallest absolute Gasteiger partial charge is 0.337 e. The van der Waals surface area contributed by atoms with Crippen molar-refractivity contribution < 1.29 is 14.6 Å². The van der Waals surface area contributed by atoms with Gasteiger partial charge in [-0.15, -0.1) is 0 Å². The maximum absolute atomic E-state index is 10.8. The molecule has 0 aliphatic rings. The molecule has 0 unspecified atom stereocenters. The van der Waals surface area contributed by atoms with Gasteiger partial charge in [0.1, 0.15) is 5.75 Å². The molecule has 0 atom stereocenters. The van der Waals surface area contributed by atoms with Crippen LogP contribution in [-0.4, -0.2) is 17.2 Å². The average molecular weight is 341 g/mol. The van der Waals surface area contributed by atoms with E-state index >= 15 is 0 Å². The van der Waals surface area contributed by atoms with Gasteiger partial charge in [0.25, 0.3) is 0 Å². The molecule has 5 heteroatoms. The lowest BCUT2D eigenvalue weighted by Gasteiger charge is -2.12. The Morgan fingerprint density at radius 3 is 2.60 bits per heavy atom. The van der Waals surface area contributed by atoms with Gasteiger partial charge in [-0.3, -0.25) is 0 Å². The molecule has 0 saturated heterocycles. The van der Waals surface area contributed by atoms with Crippen molar-refractivity contribution in [3.63, 3.8) is 0 Å². The fraction of sp³-hybridized carbons (Fsp3) is 0.300. The SMILES string of the molecule is CC(C)Oc1cc(Cl)c(C(=O)O)cc1I. The van der Waals surface area contributed by atoms with Gasteiger partial charge in [0.05, 0.1) is 20.3 Å². The number of benzene rings is 1. The summed E-state index contributed by atoms with van der Waals surface area (Å²) in [6.45, 7) is 3.80. The van der Waals surface area contributed by atoms with Gasteiger partial charge in [-0.05, 0) is 42.5 Å². The molecule has 0 heterocycles. The number of carboxylic acids is 1. The molecule has 0 amide bonds. The molecule has 1 rings (SSSR count). The molecule has 15 heavy (non-hydrogen) atoms. The Labute approximate surface area is 107 Å². The Kier molecular flexibility index (Phi) is 4.21. The van der Waals surface area contributed by atoms with Crippen LogP contribution >= 0.6 is 34.2 Å². The number of halogens is 2. The molecule has 1 N–H and O–H groups in total. The largest absolute Gasteiger partial charge is 0.490 e. The lowest BCUT2D eigenvalue weighted by Crippen LogP contribution is -2.08. The van der Waals surface area contributed by atoms with Gasteiger partial charge in [0.15, 0.2) is 0 Å². The van der Waals surface area contributed by atoms with Crippen molar-refractivity contribution in [3.05, 3.63) is 26.3 Å². The minimum atomic E-state index is -1.03. The summed E-state index contributed by atoms with van der Waals surface area (Å²) in [6, 6.07) is 3.04. The van der Waals surface area contributed by atoms with E-state index in [4.69, 9.17) is 21.4 Å². The van der Waals surface area contributed by atoms with Gasteiger partial charge < -0.3 is 9.84 Å². The number of carbonyl (C=O) groups is 1. The van der Waals surface area contributed by atoms with E-state index in [0.29, 0.717) is 5.75 Å². The first-order valence-corrected chi connectivity index (χ1v) is 5.76. The molecular formula is C10H10ClIO3. The Hall–Kier alpha value is -0.490. The summed E-state index contributed by atoms with van der Waals surface area (Å²) in [5, 5.41) is 9.03.